The molecule has 0 N–H and O–H groups in total. The first-order valence-electron chi connectivity index (χ1n) is 8.65. The Balaban J connectivity index is 1.76. The Morgan fingerprint density at radius 2 is 1.64 bits per heavy atom. The minimum Gasteiger partial charge on any atom is -0.268 e. The van der Waals surface area contributed by atoms with Gasteiger partial charge in [-0.2, -0.15) is 5.10 Å². The topological polar surface area (TPSA) is 68.1 Å². The van der Waals surface area contributed by atoms with Crippen LogP contribution in [0.4, 0.5) is 10.1 Å². The van der Waals surface area contributed by atoms with Gasteiger partial charge >= 0.3 is 0 Å². The quantitative estimate of drug-likeness (QED) is 0.504. The monoisotopic (exact) mass is 372 g/mol. The summed E-state index contributed by atoms with van der Waals surface area (Å²) in [6.07, 6.45) is 1.36. The van der Waals surface area contributed by atoms with Gasteiger partial charge in [0.05, 0.1) is 27.9 Å². The summed E-state index contributed by atoms with van der Waals surface area (Å²) in [4.78, 5) is 31.5. The summed E-state index contributed by atoms with van der Waals surface area (Å²) in [5, 5.41) is 4.84. The molecule has 2 aromatic carbocycles. The van der Waals surface area contributed by atoms with Crippen molar-refractivity contribution in [1.29, 1.82) is 0 Å². The third-order valence-electron chi connectivity index (χ3n) is 4.82. The first-order valence-corrected chi connectivity index (χ1v) is 8.65. The third-order valence-corrected chi connectivity index (χ3v) is 4.82. The first-order chi connectivity index (χ1) is 13.6. The van der Waals surface area contributed by atoms with Crippen LogP contribution in [-0.2, 0) is 0 Å². The highest BCUT2D eigenvalue weighted by Gasteiger charge is 2.40. The first kappa shape index (κ1) is 16.3. The van der Waals surface area contributed by atoms with E-state index in [9.17, 15) is 14.0 Å². The average Bonchev–Trinajstić information content (AvgIpc) is 3.17. The number of carbonyl (C=O) groups is 2. The lowest BCUT2D eigenvalue weighted by Crippen LogP contribution is -2.29. The number of anilines is 1. The number of aryl methyl sites for hydroxylation is 1. The number of para-hydroxylation sites is 2. The second kappa shape index (κ2) is 5.82. The molecule has 2 aromatic heterocycles. The average molecular weight is 372 g/mol. The number of hydrogen-bond donors (Lipinski definition) is 0. The molecule has 28 heavy (non-hydrogen) atoms. The number of carbonyl (C=O) groups excluding carboxylic acids is 2. The predicted molar refractivity (Wildman–Crippen MR) is 101 cm³/mol. The second-order valence-electron chi connectivity index (χ2n) is 6.48. The van der Waals surface area contributed by atoms with Gasteiger partial charge in [0.1, 0.15) is 11.5 Å². The molecule has 4 aromatic rings. The molecule has 7 heteroatoms. The molecule has 0 unspecified atom stereocenters. The highest BCUT2D eigenvalue weighted by Crippen LogP contribution is 2.34. The van der Waals surface area contributed by atoms with Crippen LogP contribution in [-0.4, -0.2) is 26.6 Å². The van der Waals surface area contributed by atoms with Crippen LogP contribution in [0.5, 0.6) is 0 Å². The van der Waals surface area contributed by atoms with Gasteiger partial charge in [-0.05, 0) is 31.2 Å². The number of hydrogen-bond acceptors (Lipinski definition) is 4. The van der Waals surface area contributed by atoms with Gasteiger partial charge in [-0.3, -0.25) is 9.59 Å². The highest BCUT2D eigenvalue weighted by molar-refractivity contribution is 6.37. The molecule has 0 spiro atoms. The lowest BCUT2D eigenvalue weighted by atomic mass is 10.1. The zero-order valence-electron chi connectivity index (χ0n) is 14.8. The van der Waals surface area contributed by atoms with Crippen LogP contribution in [0, 0.1) is 12.7 Å². The number of amides is 2. The van der Waals surface area contributed by atoms with Crippen molar-refractivity contribution in [2.75, 3.05) is 4.90 Å². The Labute approximate surface area is 158 Å². The summed E-state index contributed by atoms with van der Waals surface area (Å²) in [7, 11) is 0. The van der Waals surface area contributed by atoms with E-state index >= 15 is 0 Å². The fourth-order valence-electron chi connectivity index (χ4n) is 3.56. The van der Waals surface area contributed by atoms with E-state index in [1.54, 1.807) is 49.4 Å². The van der Waals surface area contributed by atoms with E-state index < -0.39 is 17.6 Å². The predicted octanol–water partition coefficient (Wildman–Crippen LogP) is 3.67. The van der Waals surface area contributed by atoms with E-state index in [1.807, 2.05) is 6.07 Å². The van der Waals surface area contributed by atoms with Crippen molar-refractivity contribution in [3.05, 3.63) is 83.4 Å². The number of halogens is 1. The van der Waals surface area contributed by atoms with Crippen LogP contribution in [0.3, 0.4) is 0 Å². The lowest BCUT2D eigenvalue weighted by molar-refractivity contribution is 0.0926. The Hall–Kier alpha value is -3.87. The minimum absolute atomic E-state index is 0.220. The molecule has 0 saturated carbocycles. The van der Waals surface area contributed by atoms with Crippen molar-refractivity contribution in [1.82, 2.24) is 14.8 Å². The molecule has 0 bridgehead atoms. The lowest BCUT2D eigenvalue weighted by Gasteiger charge is -2.13. The molecule has 0 aliphatic carbocycles. The molecule has 0 radical (unpaired) electrons. The van der Waals surface area contributed by atoms with Crippen LogP contribution in [0.15, 0.2) is 60.8 Å². The molecule has 3 heterocycles. The Kier molecular flexibility index (Phi) is 3.39. The summed E-state index contributed by atoms with van der Waals surface area (Å²) in [6.45, 7) is 1.71. The Morgan fingerprint density at radius 1 is 0.929 bits per heavy atom. The fraction of sp³-hybridized carbons (Fsp3) is 0.0476. The summed E-state index contributed by atoms with van der Waals surface area (Å²) in [5.41, 5.74) is 2.01. The van der Waals surface area contributed by atoms with Crippen molar-refractivity contribution < 1.29 is 14.0 Å². The van der Waals surface area contributed by atoms with E-state index in [0.29, 0.717) is 22.4 Å². The summed E-state index contributed by atoms with van der Waals surface area (Å²) in [6, 6.07) is 14.9. The number of rotatable bonds is 2. The number of nitrogens with zero attached hydrogens (tertiary/aromatic N) is 4. The summed E-state index contributed by atoms with van der Waals surface area (Å²) < 4.78 is 15.7. The molecular weight excluding hydrogens is 359 g/mol. The minimum atomic E-state index is -0.456. The number of aromatic nitrogens is 3. The molecule has 0 fully saturated rings. The maximum atomic E-state index is 14.3. The van der Waals surface area contributed by atoms with Crippen LogP contribution in [0.2, 0.25) is 0 Å². The van der Waals surface area contributed by atoms with Gasteiger partial charge in [0.25, 0.3) is 11.8 Å². The van der Waals surface area contributed by atoms with E-state index in [-0.39, 0.29) is 16.8 Å². The molecule has 136 valence electrons. The van der Waals surface area contributed by atoms with Crippen molar-refractivity contribution in [2.24, 2.45) is 0 Å². The molecule has 0 saturated heterocycles. The van der Waals surface area contributed by atoms with Crippen LogP contribution in [0.25, 0.3) is 16.7 Å². The maximum absolute atomic E-state index is 14.3. The van der Waals surface area contributed by atoms with E-state index in [4.69, 9.17) is 0 Å². The van der Waals surface area contributed by atoms with E-state index in [0.717, 1.165) is 4.90 Å². The molecule has 6 nitrogen and oxygen atoms in total. The van der Waals surface area contributed by atoms with Crippen molar-refractivity contribution in [2.45, 2.75) is 6.92 Å². The fourth-order valence-corrected chi connectivity index (χ4v) is 3.56. The van der Waals surface area contributed by atoms with Crippen molar-refractivity contribution in [3.8, 4) is 5.69 Å². The largest absolute Gasteiger partial charge is 0.268 e. The van der Waals surface area contributed by atoms with Gasteiger partial charge in [-0.25, -0.2) is 19.0 Å². The summed E-state index contributed by atoms with van der Waals surface area (Å²) in [5.74, 6) is -1.32. The van der Waals surface area contributed by atoms with Crippen LogP contribution < -0.4 is 4.90 Å². The van der Waals surface area contributed by atoms with Gasteiger partial charge in [-0.1, -0.05) is 30.3 Å². The van der Waals surface area contributed by atoms with E-state index in [2.05, 4.69) is 10.1 Å². The molecule has 5 rings (SSSR count). The molecular formula is C21H13FN4O2. The van der Waals surface area contributed by atoms with Crippen LogP contribution in [0.1, 0.15) is 26.4 Å². The Bertz CT molecular complexity index is 1280. The maximum Gasteiger partial charge on any atom is 0.267 e. The number of imide groups is 1. The SMILES string of the molecule is Cc1nn(-c2ccccc2F)c2ncc3c(c12)C(=O)N(c1ccccc1)C3=O. The molecule has 1 aliphatic rings. The van der Waals surface area contributed by atoms with Gasteiger partial charge in [0, 0.05) is 6.20 Å². The zero-order valence-corrected chi connectivity index (χ0v) is 14.8. The zero-order chi connectivity index (χ0) is 19.4. The number of benzene rings is 2. The van der Waals surface area contributed by atoms with Crippen LogP contribution >= 0.6 is 0 Å². The van der Waals surface area contributed by atoms with E-state index in [1.165, 1.54) is 16.9 Å². The van der Waals surface area contributed by atoms with Gasteiger partial charge in [-0.15, -0.1) is 0 Å². The van der Waals surface area contributed by atoms with Crippen molar-refractivity contribution >= 4 is 28.5 Å². The van der Waals surface area contributed by atoms with Gasteiger partial charge in [0.2, 0.25) is 0 Å². The van der Waals surface area contributed by atoms with Gasteiger partial charge < -0.3 is 0 Å². The van der Waals surface area contributed by atoms with Gasteiger partial charge in [0.15, 0.2) is 5.65 Å². The van der Waals surface area contributed by atoms with Crippen molar-refractivity contribution in [3.63, 3.8) is 0 Å². The second-order valence-corrected chi connectivity index (χ2v) is 6.48. The number of fused-ring (bicyclic) bond motifs is 3. The smallest absolute Gasteiger partial charge is 0.267 e. The molecule has 1 aliphatic heterocycles. The molecule has 2 amide bonds. The molecule has 0 atom stereocenters. The number of pyridine rings is 1. The Morgan fingerprint density at radius 3 is 2.39 bits per heavy atom. The normalized spacial score (nSPS) is 13.4. The summed E-state index contributed by atoms with van der Waals surface area (Å²) >= 11 is 0. The highest BCUT2D eigenvalue weighted by atomic mass is 19.1. The third kappa shape index (κ3) is 2.13. The standard InChI is InChI=1S/C21H13FN4O2/c1-12-17-18-14(20(27)25(21(18)28)13-7-3-2-4-8-13)11-23-19(17)26(24-12)16-10-6-5-9-15(16)22/h2-11H,1H3.